The summed E-state index contributed by atoms with van der Waals surface area (Å²) in [6.07, 6.45) is 0. The Balaban J connectivity index is 0.000000427. The van der Waals surface area contributed by atoms with E-state index in [2.05, 4.69) is 10.2 Å². The minimum atomic E-state index is -1.82. The number of nitrogens with zero attached hydrogens (tertiary/aromatic N) is 2. The molecule has 0 bridgehead atoms. The number of anilines is 1. The van der Waals surface area contributed by atoms with Gasteiger partial charge < -0.3 is 29.9 Å². The minimum absolute atomic E-state index is 0.137. The van der Waals surface area contributed by atoms with Crippen LogP contribution in [0.15, 0.2) is 35.7 Å². The van der Waals surface area contributed by atoms with Crippen LogP contribution in [0.4, 0.5) is 10.5 Å². The molecule has 0 radical (unpaired) electrons. The Morgan fingerprint density at radius 2 is 1.66 bits per heavy atom. The molecule has 2 aliphatic rings. The molecule has 170 valence electrons. The third-order valence-corrected chi connectivity index (χ3v) is 5.54. The van der Waals surface area contributed by atoms with Gasteiger partial charge in [-0.25, -0.2) is 14.4 Å². The van der Waals surface area contributed by atoms with Crippen LogP contribution in [0.25, 0.3) is 0 Å². The molecule has 12 heteroatoms. The predicted molar refractivity (Wildman–Crippen MR) is 114 cm³/mol. The number of hydrogen-bond donors (Lipinski definition) is 3. The molecule has 0 spiro atoms. The summed E-state index contributed by atoms with van der Waals surface area (Å²) in [6.45, 7) is 3.16. The number of carbonyl (C=O) groups excluding carboxylic acids is 2. The van der Waals surface area contributed by atoms with Crippen molar-refractivity contribution in [3.8, 4) is 11.5 Å². The van der Waals surface area contributed by atoms with Crippen molar-refractivity contribution in [2.75, 3.05) is 44.8 Å². The van der Waals surface area contributed by atoms with Gasteiger partial charge in [0.05, 0.1) is 11.4 Å². The van der Waals surface area contributed by atoms with Crippen LogP contribution in [-0.4, -0.2) is 83.3 Å². The van der Waals surface area contributed by atoms with E-state index in [0.717, 1.165) is 4.88 Å². The van der Waals surface area contributed by atoms with Gasteiger partial charge in [-0.15, -0.1) is 11.3 Å². The van der Waals surface area contributed by atoms with Gasteiger partial charge in [-0.1, -0.05) is 6.07 Å². The van der Waals surface area contributed by atoms with Crippen molar-refractivity contribution in [2.45, 2.75) is 0 Å². The Labute approximate surface area is 186 Å². The number of amides is 2. The topological polar surface area (TPSA) is 146 Å². The van der Waals surface area contributed by atoms with Gasteiger partial charge in [0, 0.05) is 37.9 Å². The molecule has 2 amide bonds. The van der Waals surface area contributed by atoms with Crippen LogP contribution in [0.5, 0.6) is 11.5 Å². The quantitative estimate of drug-likeness (QED) is 0.455. The fourth-order valence-corrected chi connectivity index (χ4v) is 3.66. The van der Waals surface area contributed by atoms with Crippen molar-refractivity contribution >= 4 is 40.8 Å². The molecule has 2 aromatic rings. The van der Waals surface area contributed by atoms with Gasteiger partial charge in [0.1, 0.15) is 0 Å². The molecule has 3 N–H and O–H groups in total. The number of hydrogen-bond acceptors (Lipinski definition) is 8. The molecule has 0 atom stereocenters. The number of nitrogens with one attached hydrogen (secondary N) is 1. The Morgan fingerprint density at radius 1 is 0.969 bits per heavy atom. The van der Waals surface area contributed by atoms with Gasteiger partial charge in [-0.3, -0.25) is 9.69 Å². The number of benzene rings is 1. The molecular formula is C20H21N3O8S. The molecule has 3 heterocycles. The maximum atomic E-state index is 12.4. The molecular weight excluding hydrogens is 442 g/mol. The molecule has 1 aromatic heterocycles. The van der Waals surface area contributed by atoms with Crippen molar-refractivity contribution in [2.24, 2.45) is 0 Å². The fraction of sp³-hybridized carbons (Fsp3) is 0.300. The Morgan fingerprint density at radius 3 is 2.28 bits per heavy atom. The van der Waals surface area contributed by atoms with Gasteiger partial charge in [0.25, 0.3) is 0 Å². The molecule has 4 rings (SSSR count). The number of piperazine rings is 1. The predicted octanol–water partition coefficient (Wildman–Crippen LogP) is 1.66. The highest BCUT2D eigenvalue weighted by Gasteiger charge is 2.23. The first-order valence-corrected chi connectivity index (χ1v) is 10.4. The van der Waals surface area contributed by atoms with Gasteiger partial charge in [-0.2, -0.15) is 0 Å². The fourth-order valence-electron chi connectivity index (χ4n) is 3.00. The van der Waals surface area contributed by atoms with E-state index < -0.39 is 11.9 Å². The van der Waals surface area contributed by atoms with Crippen molar-refractivity contribution in [1.82, 2.24) is 9.80 Å². The second kappa shape index (κ2) is 10.6. The van der Waals surface area contributed by atoms with E-state index in [-0.39, 0.29) is 18.6 Å². The first-order valence-electron chi connectivity index (χ1n) is 9.54. The molecule has 1 fully saturated rings. The maximum absolute atomic E-state index is 12.4. The number of ether oxygens (including phenoxy) is 2. The summed E-state index contributed by atoms with van der Waals surface area (Å²) in [5.41, 5.74) is 0.676. The summed E-state index contributed by atoms with van der Waals surface area (Å²) in [7, 11) is 0. The summed E-state index contributed by atoms with van der Waals surface area (Å²) in [5, 5.41) is 19.6. The zero-order valence-corrected chi connectivity index (χ0v) is 17.7. The number of fused-ring (bicyclic) bond motifs is 1. The van der Waals surface area contributed by atoms with Crippen LogP contribution in [-0.2, 0) is 9.59 Å². The highest BCUT2D eigenvalue weighted by atomic mass is 32.1. The van der Waals surface area contributed by atoms with Gasteiger partial charge in [-0.05, 0) is 23.6 Å². The zero-order chi connectivity index (χ0) is 23.1. The number of carboxylic acids is 2. The van der Waals surface area contributed by atoms with E-state index in [1.54, 1.807) is 23.1 Å². The molecule has 2 aliphatic heterocycles. The summed E-state index contributed by atoms with van der Waals surface area (Å²) in [5.74, 6) is -2.19. The van der Waals surface area contributed by atoms with E-state index in [9.17, 15) is 9.59 Å². The largest absolute Gasteiger partial charge is 0.473 e. The smallest absolute Gasteiger partial charge is 0.414 e. The molecule has 0 aliphatic carbocycles. The number of urea groups is 1. The van der Waals surface area contributed by atoms with Crippen LogP contribution in [0.3, 0.4) is 0 Å². The number of ketones is 1. The molecule has 32 heavy (non-hydrogen) atoms. The number of thiophene rings is 1. The first kappa shape index (κ1) is 23.0. The molecule has 1 saturated heterocycles. The highest BCUT2D eigenvalue weighted by Crippen LogP contribution is 2.34. The summed E-state index contributed by atoms with van der Waals surface area (Å²) in [4.78, 5) is 47.5. The lowest BCUT2D eigenvalue weighted by Gasteiger charge is -2.34. The Hall–Kier alpha value is -3.64. The van der Waals surface area contributed by atoms with Crippen LogP contribution in [0.1, 0.15) is 9.67 Å². The van der Waals surface area contributed by atoms with E-state index in [4.69, 9.17) is 29.3 Å². The van der Waals surface area contributed by atoms with Crippen molar-refractivity contribution in [1.29, 1.82) is 0 Å². The third-order valence-electron chi connectivity index (χ3n) is 4.63. The van der Waals surface area contributed by atoms with Crippen LogP contribution >= 0.6 is 11.3 Å². The highest BCUT2D eigenvalue weighted by molar-refractivity contribution is 7.12. The second-order valence-corrected chi connectivity index (χ2v) is 7.72. The van der Waals surface area contributed by atoms with Crippen molar-refractivity contribution in [3.63, 3.8) is 0 Å². The summed E-state index contributed by atoms with van der Waals surface area (Å²) < 4.78 is 10.6. The normalized spacial score (nSPS) is 14.8. The molecule has 0 unspecified atom stereocenters. The van der Waals surface area contributed by atoms with E-state index in [1.165, 1.54) is 11.3 Å². The minimum Gasteiger partial charge on any atom is -0.473 e. The number of Topliss-reactive ketones (excluding diaryl/α,β-unsaturated/α-hetero) is 1. The van der Waals surface area contributed by atoms with E-state index in [0.29, 0.717) is 49.9 Å². The van der Waals surface area contributed by atoms with Crippen molar-refractivity contribution in [3.05, 3.63) is 40.6 Å². The summed E-state index contributed by atoms with van der Waals surface area (Å²) in [6, 6.07) is 8.93. The lowest BCUT2D eigenvalue weighted by Crippen LogP contribution is -2.51. The standard InChI is InChI=1S/C18H19N3O4S.C2H2O4/c22-14(17-2-1-9-26-17)11-20-5-7-21(8-6-20)18(23)19-13-3-4-15-16(10-13)25-12-24-15;3-1(4)2(5)6/h1-4,9-10H,5-8,11-12H2,(H,19,23);(H,3,4)(H,5,6). The zero-order valence-electron chi connectivity index (χ0n) is 16.9. The van der Waals surface area contributed by atoms with Crippen LogP contribution in [0, 0.1) is 0 Å². The molecule has 11 nitrogen and oxygen atoms in total. The van der Waals surface area contributed by atoms with E-state index >= 15 is 0 Å². The van der Waals surface area contributed by atoms with Gasteiger partial charge in [0.15, 0.2) is 17.3 Å². The van der Waals surface area contributed by atoms with Crippen LogP contribution in [0.2, 0.25) is 0 Å². The average Bonchev–Trinajstić information content (AvgIpc) is 3.46. The maximum Gasteiger partial charge on any atom is 0.414 e. The Bertz CT molecular complexity index is 975. The number of carboxylic acid groups (broad SMARTS) is 2. The average molecular weight is 463 g/mol. The molecule has 0 saturated carbocycles. The lowest BCUT2D eigenvalue weighted by atomic mass is 10.2. The third kappa shape index (κ3) is 6.18. The van der Waals surface area contributed by atoms with Crippen molar-refractivity contribution < 1.29 is 38.9 Å². The van der Waals surface area contributed by atoms with Gasteiger partial charge >= 0.3 is 18.0 Å². The number of rotatable bonds is 4. The first-order chi connectivity index (χ1) is 15.3. The van der Waals surface area contributed by atoms with Gasteiger partial charge in [0.2, 0.25) is 6.79 Å². The Kier molecular flexibility index (Phi) is 7.63. The number of carbonyl (C=O) groups is 4. The monoisotopic (exact) mass is 463 g/mol. The molecule has 1 aromatic carbocycles. The lowest BCUT2D eigenvalue weighted by molar-refractivity contribution is -0.159. The summed E-state index contributed by atoms with van der Waals surface area (Å²) >= 11 is 1.46. The van der Waals surface area contributed by atoms with E-state index in [1.807, 2.05) is 17.5 Å². The second-order valence-electron chi connectivity index (χ2n) is 6.77. The van der Waals surface area contributed by atoms with Crippen LogP contribution < -0.4 is 14.8 Å². The SMILES string of the molecule is O=C(CN1CCN(C(=O)Nc2ccc3c(c2)OCO3)CC1)c1cccs1.O=C(O)C(=O)O. The number of aliphatic carboxylic acids is 2.